The van der Waals surface area contributed by atoms with E-state index in [-0.39, 0.29) is 13.2 Å². The minimum Gasteiger partial charge on any atom is -0.390 e. The summed E-state index contributed by atoms with van der Waals surface area (Å²) < 4.78 is 43.2. The van der Waals surface area contributed by atoms with E-state index in [0.29, 0.717) is 11.3 Å². The van der Waals surface area contributed by atoms with Crippen LogP contribution < -0.4 is 0 Å². The topological polar surface area (TPSA) is 29.5 Å². The molecule has 0 radical (unpaired) electrons. The maximum absolute atomic E-state index is 12.6. The number of aliphatic hydroxyl groups excluding tert-OH is 1. The molecule has 0 amide bonds. The lowest BCUT2D eigenvalue weighted by molar-refractivity contribution is -0.137. The van der Waals surface area contributed by atoms with Gasteiger partial charge in [0.1, 0.15) is 0 Å². The normalized spacial score (nSPS) is 13.2. The fourth-order valence-corrected chi connectivity index (χ4v) is 3.35. The van der Waals surface area contributed by atoms with Crippen LogP contribution in [0.3, 0.4) is 0 Å². The third-order valence-electron chi connectivity index (χ3n) is 3.79. The fourth-order valence-electron chi connectivity index (χ4n) is 2.40. The lowest BCUT2D eigenvalue weighted by Gasteiger charge is -2.12. The van der Waals surface area contributed by atoms with Gasteiger partial charge in [-0.1, -0.05) is 51.2 Å². The number of unbranched alkanes of at least 4 members (excludes halogenated alkanes) is 5. The summed E-state index contributed by atoms with van der Waals surface area (Å²) in [5.41, 5.74) is -0.217. The standard InChI is InChI=1S/C19H29F3O2S/c1-2-3-4-5-6-7-11-25-15-18(23)14-24-13-16-9-8-10-17(12-16)19(20,21)22/h8-10,12,18,23H,2-7,11,13-15H2,1H3. The van der Waals surface area contributed by atoms with Crippen LogP contribution in [0.2, 0.25) is 0 Å². The smallest absolute Gasteiger partial charge is 0.390 e. The lowest BCUT2D eigenvalue weighted by Crippen LogP contribution is -2.18. The first-order valence-corrected chi connectivity index (χ1v) is 10.1. The maximum atomic E-state index is 12.6. The molecule has 0 heterocycles. The van der Waals surface area contributed by atoms with Crippen molar-refractivity contribution in [2.24, 2.45) is 0 Å². The van der Waals surface area contributed by atoms with Crippen LogP contribution in [0.4, 0.5) is 13.2 Å². The number of rotatable bonds is 13. The molecule has 0 aliphatic heterocycles. The van der Waals surface area contributed by atoms with Crippen LogP contribution in [0.15, 0.2) is 24.3 Å². The van der Waals surface area contributed by atoms with Crippen molar-refractivity contribution in [2.45, 2.75) is 64.3 Å². The van der Waals surface area contributed by atoms with E-state index in [1.807, 2.05) is 0 Å². The van der Waals surface area contributed by atoms with Crippen LogP contribution in [-0.2, 0) is 17.5 Å². The Kier molecular flexibility index (Phi) is 11.3. The van der Waals surface area contributed by atoms with Gasteiger partial charge in [-0.15, -0.1) is 0 Å². The second-order valence-corrected chi connectivity index (χ2v) is 7.36. The number of aliphatic hydroxyl groups is 1. The van der Waals surface area contributed by atoms with Gasteiger partial charge >= 0.3 is 6.18 Å². The maximum Gasteiger partial charge on any atom is 0.416 e. The minimum absolute atomic E-state index is 0.0725. The zero-order valence-corrected chi connectivity index (χ0v) is 15.7. The first-order chi connectivity index (χ1) is 11.9. The highest BCUT2D eigenvalue weighted by molar-refractivity contribution is 7.99. The molecule has 2 nitrogen and oxygen atoms in total. The molecule has 0 saturated heterocycles. The minimum atomic E-state index is -4.34. The van der Waals surface area contributed by atoms with Gasteiger partial charge in [0.25, 0.3) is 0 Å². The van der Waals surface area contributed by atoms with Gasteiger partial charge in [-0.2, -0.15) is 24.9 Å². The Balaban J connectivity index is 2.10. The zero-order chi connectivity index (χ0) is 18.5. The first-order valence-electron chi connectivity index (χ1n) is 8.93. The van der Waals surface area contributed by atoms with Gasteiger partial charge in [-0.3, -0.25) is 0 Å². The number of thioether (sulfide) groups is 1. The van der Waals surface area contributed by atoms with E-state index in [9.17, 15) is 18.3 Å². The molecule has 1 aromatic rings. The summed E-state index contributed by atoms with van der Waals surface area (Å²) in [4.78, 5) is 0. The molecule has 1 unspecified atom stereocenters. The zero-order valence-electron chi connectivity index (χ0n) is 14.9. The molecule has 0 aliphatic carbocycles. The summed E-state index contributed by atoms with van der Waals surface area (Å²) in [5.74, 6) is 1.62. The fraction of sp³-hybridized carbons (Fsp3) is 0.684. The van der Waals surface area contributed by atoms with Crippen LogP contribution in [0, 0.1) is 0 Å². The third kappa shape index (κ3) is 10.8. The van der Waals surface area contributed by atoms with E-state index < -0.39 is 17.8 Å². The van der Waals surface area contributed by atoms with Gasteiger partial charge in [-0.05, 0) is 29.9 Å². The summed E-state index contributed by atoms with van der Waals surface area (Å²) >= 11 is 1.70. The number of alkyl halides is 3. The van der Waals surface area contributed by atoms with Crippen LogP contribution >= 0.6 is 11.8 Å². The van der Waals surface area contributed by atoms with Crippen molar-refractivity contribution in [2.75, 3.05) is 18.1 Å². The van der Waals surface area contributed by atoms with E-state index in [2.05, 4.69) is 6.92 Å². The van der Waals surface area contributed by atoms with Crippen LogP contribution in [0.1, 0.15) is 56.6 Å². The molecule has 1 atom stereocenters. The SMILES string of the molecule is CCCCCCCCSCC(O)COCc1cccc(C(F)(F)F)c1. The van der Waals surface area contributed by atoms with Crippen molar-refractivity contribution in [1.29, 1.82) is 0 Å². The molecular formula is C19H29F3O2S. The Morgan fingerprint density at radius 2 is 1.84 bits per heavy atom. The number of hydrogen-bond acceptors (Lipinski definition) is 3. The predicted molar refractivity (Wildman–Crippen MR) is 97.8 cm³/mol. The highest BCUT2D eigenvalue weighted by Gasteiger charge is 2.30. The Bertz CT molecular complexity index is 466. The van der Waals surface area contributed by atoms with Gasteiger partial charge < -0.3 is 9.84 Å². The van der Waals surface area contributed by atoms with Gasteiger partial charge in [0.05, 0.1) is 24.9 Å². The van der Waals surface area contributed by atoms with Crippen molar-refractivity contribution in [3.05, 3.63) is 35.4 Å². The van der Waals surface area contributed by atoms with Crippen LogP contribution in [0.5, 0.6) is 0 Å². The van der Waals surface area contributed by atoms with Gasteiger partial charge in [0.2, 0.25) is 0 Å². The average molecular weight is 378 g/mol. The third-order valence-corrected chi connectivity index (χ3v) is 4.98. The Labute approximate surface area is 153 Å². The quantitative estimate of drug-likeness (QED) is 0.448. The van der Waals surface area contributed by atoms with E-state index in [1.54, 1.807) is 17.8 Å². The summed E-state index contributed by atoms with van der Waals surface area (Å²) in [6.45, 7) is 2.41. The van der Waals surface area contributed by atoms with E-state index >= 15 is 0 Å². The molecule has 0 bridgehead atoms. The van der Waals surface area contributed by atoms with Crippen molar-refractivity contribution in [3.63, 3.8) is 0 Å². The average Bonchev–Trinajstić information content (AvgIpc) is 2.57. The number of hydrogen-bond donors (Lipinski definition) is 1. The predicted octanol–water partition coefficient (Wildman–Crippen LogP) is 5.68. The molecule has 0 aromatic heterocycles. The molecule has 25 heavy (non-hydrogen) atoms. The van der Waals surface area contributed by atoms with Crippen LogP contribution in [0.25, 0.3) is 0 Å². The highest BCUT2D eigenvalue weighted by Crippen LogP contribution is 2.29. The number of halogens is 3. The molecule has 144 valence electrons. The summed E-state index contributed by atoms with van der Waals surface area (Å²) in [5, 5.41) is 9.86. The molecule has 0 fully saturated rings. The largest absolute Gasteiger partial charge is 0.416 e. The Hall–Kier alpha value is -0.720. The second kappa shape index (κ2) is 12.6. The van der Waals surface area contributed by atoms with E-state index in [1.165, 1.54) is 38.2 Å². The highest BCUT2D eigenvalue weighted by atomic mass is 32.2. The summed E-state index contributed by atoms with van der Waals surface area (Å²) in [6.07, 6.45) is 2.58. The number of ether oxygens (including phenoxy) is 1. The first kappa shape index (κ1) is 22.3. The number of benzene rings is 1. The molecule has 0 aliphatic rings. The second-order valence-electron chi connectivity index (χ2n) is 6.21. The Morgan fingerprint density at radius 1 is 1.12 bits per heavy atom. The van der Waals surface area contributed by atoms with Gasteiger partial charge in [-0.25, -0.2) is 0 Å². The Morgan fingerprint density at radius 3 is 2.56 bits per heavy atom. The van der Waals surface area contributed by atoms with Crippen molar-refractivity contribution < 1.29 is 23.0 Å². The molecule has 0 spiro atoms. The van der Waals surface area contributed by atoms with Crippen LogP contribution in [-0.4, -0.2) is 29.3 Å². The molecule has 0 saturated carbocycles. The van der Waals surface area contributed by atoms with E-state index in [4.69, 9.17) is 4.74 Å². The van der Waals surface area contributed by atoms with Crippen molar-refractivity contribution in [1.82, 2.24) is 0 Å². The van der Waals surface area contributed by atoms with Gasteiger partial charge in [0, 0.05) is 5.75 Å². The van der Waals surface area contributed by atoms with Crippen molar-refractivity contribution in [3.8, 4) is 0 Å². The molecule has 1 N–H and O–H groups in total. The lowest BCUT2D eigenvalue weighted by atomic mass is 10.1. The molecule has 1 aromatic carbocycles. The van der Waals surface area contributed by atoms with Gasteiger partial charge in [0.15, 0.2) is 0 Å². The molecular weight excluding hydrogens is 349 g/mol. The molecule has 1 rings (SSSR count). The summed E-state index contributed by atoms with van der Waals surface area (Å²) in [6, 6.07) is 5.08. The monoisotopic (exact) mass is 378 g/mol. The van der Waals surface area contributed by atoms with E-state index in [0.717, 1.165) is 24.3 Å². The summed E-state index contributed by atoms with van der Waals surface area (Å²) in [7, 11) is 0. The molecule has 6 heteroatoms. The van der Waals surface area contributed by atoms with Crippen molar-refractivity contribution >= 4 is 11.8 Å².